The second-order valence-electron chi connectivity index (χ2n) is 9.03. The minimum absolute atomic E-state index is 0.397. The first-order valence-corrected chi connectivity index (χ1v) is 11.2. The van der Waals surface area contributed by atoms with E-state index in [1.54, 1.807) is 11.3 Å². The Labute approximate surface area is 185 Å². The maximum Gasteiger partial charge on any atom is 0.495 e. The van der Waals surface area contributed by atoms with Crippen molar-refractivity contribution >= 4 is 61.6 Å². The Morgan fingerprint density at radius 1 is 1.03 bits per heavy atom. The summed E-state index contributed by atoms with van der Waals surface area (Å²) >= 11 is 1.69. The summed E-state index contributed by atoms with van der Waals surface area (Å²) in [6.45, 7) is 8.30. The van der Waals surface area contributed by atoms with Crippen LogP contribution in [0.1, 0.15) is 32.7 Å². The zero-order valence-electron chi connectivity index (χ0n) is 17.9. The summed E-state index contributed by atoms with van der Waals surface area (Å²) in [7, 11) is -0.442. The molecule has 0 radical (unpaired) electrons. The second kappa shape index (κ2) is 6.38. The molecule has 4 aromatic rings. The maximum absolute atomic E-state index is 6.35. The molecule has 0 N–H and O–H groups in total. The molecule has 1 fully saturated rings. The minimum atomic E-state index is -0.442. The van der Waals surface area contributed by atoms with Gasteiger partial charge in [-0.15, -0.1) is 11.3 Å². The first-order chi connectivity index (χ1) is 14.8. The lowest BCUT2D eigenvalue weighted by molar-refractivity contribution is 0.00578. The van der Waals surface area contributed by atoms with Gasteiger partial charge >= 0.3 is 7.12 Å². The molecule has 1 aliphatic heterocycles. The highest BCUT2D eigenvalue weighted by Gasteiger charge is 2.52. The molecule has 1 aliphatic carbocycles. The van der Waals surface area contributed by atoms with Crippen LogP contribution in [0.25, 0.3) is 37.7 Å². The molecule has 0 bridgehead atoms. The number of furan rings is 1. The summed E-state index contributed by atoms with van der Waals surface area (Å²) in [6, 6.07) is 10.3. The average Bonchev–Trinajstić information content (AvgIpc) is 3.37. The lowest BCUT2D eigenvalue weighted by atomic mass is 9.76. The van der Waals surface area contributed by atoms with Gasteiger partial charge in [0.1, 0.15) is 28.9 Å². The third kappa shape index (κ3) is 2.84. The van der Waals surface area contributed by atoms with Crippen LogP contribution in [0.3, 0.4) is 0 Å². The molecule has 0 unspecified atom stereocenters. The molecule has 0 saturated carbocycles. The fourth-order valence-electron chi connectivity index (χ4n) is 4.09. The number of nitrogens with zero attached hydrogens (tertiary/aromatic N) is 1. The number of hydrogen-bond acceptors (Lipinski definition) is 5. The van der Waals surface area contributed by atoms with Gasteiger partial charge in [-0.1, -0.05) is 12.1 Å². The van der Waals surface area contributed by atoms with Crippen LogP contribution < -0.4 is 5.46 Å². The fraction of sp³-hybridized carbons (Fsp3) is 0.240. The number of rotatable bonds is 2. The molecule has 6 rings (SSSR count). The monoisotopic (exact) mass is 426 g/mol. The van der Waals surface area contributed by atoms with Crippen molar-refractivity contribution in [3.8, 4) is 0 Å². The quantitative estimate of drug-likeness (QED) is 0.300. The van der Waals surface area contributed by atoms with Gasteiger partial charge in [0.25, 0.3) is 0 Å². The van der Waals surface area contributed by atoms with E-state index in [1.807, 2.05) is 42.5 Å². The maximum atomic E-state index is 6.35. The van der Waals surface area contributed by atoms with Gasteiger partial charge < -0.3 is 13.7 Å². The Kier molecular flexibility index (Phi) is 3.90. The van der Waals surface area contributed by atoms with Crippen LogP contribution in [-0.4, -0.2) is 23.3 Å². The molecule has 1 saturated heterocycles. The van der Waals surface area contributed by atoms with Crippen LogP contribution in [0.15, 0.2) is 59.1 Å². The van der Waals surface area contributed by atoms with E-state index in [4.69, 9.17) is 18.7 Å². The number of hydrogen-bond donors (Lipinski definition) is 0. The van der Waals surface area contributed by atoms with Gasteiger partial charge in [-0.3, -0.25) is 0 Å². The molecule has 4 nitrogen and oxygen atoms in total. The molecule has 0 amide bonds. The van der Waals surface area contributed by atoms with Gasteiger partial charge in [0.15, 0.2) is 5.01 Å². The molecule has 3 heterocycles. The minimum Gasteiger partial charge on any atom is -0.456 e. The van der Waals surface area contributed by atoms with E-state index < -0.39 is 18.3 Å². The highest BCUT2D eigenvalue weighted by Crippen LogP contribution is 2.39. The van der Waals surface area contributed by atoms with Crippen molar-refractivity contribution in [2.75, 3.05) is 0 Å². The van der Waals surface area contributed by atoms with E-state index in [0.29, 0.717) is 0 Å². The molecule has 2 aliphatic rings. The molecule has 6 heteroatoms. The van der Waals surface area contributed by atoms with Crippen molar-refractivity contribution < 1.29 is 13.7 Å². The summed E-state index contributed by atoms with van der Waals surface area (Å²) in [5.41, 5.74) is 3.90. The van der Waals surface area contributed by atoms with Crippen molar-refractivity contribution in [1.29, 1.82) is 0 Å². The first-order valence-electron chi connectivity index (χ1n) is 10.4. The summed E-state index contributed by atoms with van der Waals surface area (Å²) < 4.78 is 20.1. The Bertz CT molecular complexity index is 1440. The molecular formula is C25H21BNO3S+. The van der Waals surface area contributed by atoms with Crippen molar-refractivity contribution in [2.24, 2.45) is 0 Å². The Hall–Kier alpha value is -2.76. The van der Waals surface area contributed by atoms with Crippen LogP contribution in [0.2, 0.25) is 0 Å². The van der Waals surface area contributed by atoms with E-state index >= 15 is 0 Å². The number of benzene rings is 2. The number of thiazole rings is 1. The zero-order valence-corrected chi connectivity index (χ0v) is 18.7. The Morgan fingerprint density at radius 2 is 1.84 bits per heavy atom. The second-order valence-corrected chi connectivity index (χ2v) is 10.1. The van der Waals surface area contributed by atoms with Crippen LogP contribution in [0.5, 0.6) is 0 Å². The van der Waals surface area contributed by atoms with E-state index in [-0.39, 0.29) is 0 Å². The Balaban J connectivity index is 1.53. The topological polar surface area (TPSA) is 44.5 Å². The number of fused-ring (bicyclic) bond motifs is 4. The highest BCUT2D eigenvalue weighted by atomic mass is 32.1. The Morgan fingerprint density at radius 3 is 2.58 bits per heavy atom. The standard InChI is InChI=1S/C25H21BNO3S/c1-24(2)25(3,4)30-26(29-24)17-11-8-12-19-22(17)16-13-21-18(14-20(16)28-19)27-23(31-21)15-9-6-5-7-10-15/h6-14H,1-4H3/q+1. The lowest BCUT2D eigenvalue weighted by Gasteiger charge is -2.32. The largest absolute Gasteiger partial charge is 0.495 e. The van der Waals surface area contributed by atoms with Crippen LogP contribution in [-0.2, 0) is 9.31 Å². The van der Waals surface area contributed by atoms with Gasteiger partial charge in [-0.05, 0) is 45.3 Å². The van der Waals surface area contributed by atoms with Gasteiger partial charge in [-0.25, -0.2) is 4.98 Å². The number of allylic oxidation sites excluding steroid dienone is 6. The molecule has 2 aromatic carbocycles. The highest BCUT2D eigenvalue weighted by molar-refractivity contribution is 7.19. The fourth-order valence-corrected chi connectivity index (χ4v) is 5.09. The van der Waals surface area contributed by atoms with Gasteiger partial charge in [0, 0.05) is 22.9 Å². The zero-order chi connectivity index (χ0) is 21.4. The van der Waals surface area contributed by atoms with Gasteiger partial charge in [0.05, 0.1) is 33.6 Å². The molecule has 2 aromatic heterocycles. The molecule has 0 spiro atoms. The average molecular weight is 426 g/mol. The van der Waals surface area contributed by atoms with E-state index in [9.17, 15) is 0 Å². The van der Waals surface area contributed by atoms with Gasteiger partial charge in [0.2, 0.25) is 0 Å². The third-order valence-corrected chi connectivity index (χ3v) is 7.58. The normalized spacial score (nSPS) is 19.5. The van der Waals surface area contributed by atoms with E-state index in [1.165, 1.54) is 0 Å². The molecular weight excluding hydrogens is 405 g/mol. The van der Waals surface area contributed by atoms with Crippen molar-refractivity contribution in [3.63, 3.8) is 0 Å². The predicted octanol–water partition coefficient (Wildman–Crippen LogP) is 5.81. The summed E-state index contributed by atoms with van der Waals surface area (Å²) in [4.78, 5) is 4.84. The first kappa shape index (κ1) is 19.0. The molecule has 152 valence electrons. The molecule has 0 atom stereocenters. The third-order valence-electron chi connectivity index (χ3n) is 6.51. The lowest BCUT2D eigenvalue weighted by Crippen LogP contribution is -2.41. The van der Waals surface area contributed by atoms with Crippen LogP contribution in [0.4, 0.5) is 0 Å². The number of aromatic nitrogens is 1. The SMILES string of the molecule is CC1(C)OB(c2cccc3oc4cc5nc(C6=CC=[C+]C=C6)sc5cc4c23)OC1(C)C. The molecule has 31 heavy (non-hydrogen) atoms. The summed E-state index contributed by atoms with van der Waals surface area (Å²) in [5, 5.41) is 3.10. The van der Waals surface area contributed by atoms with Gasteiger partial charge in [-0.2, -0.15) is 0 Å². The summed E-state index contributed by atoms with van der Waals surface area (Å²) in [5.74, 6) is 0. The van der Waals surface area contributed by atoms with Crippen LogP contribution >= 0.6 is 11.3 Å². The van der Waals surface area contributed by atoms with Crippen molar-refractivity contribution in [2.45, 2.75) is 38.9 Å². The summed E-state index contributed by atoms with van der Waals surface area (Å²) in [6.07, 6.45) is 11.0. The van der Waals surface area contributed by atoms with E-state index in [0.717, 1.165) is 48.2 Å². The smallest absolute Gasteiger partial charge is 0.456 e. The van der Waals surface area contributed by atoms with E-state index in [2.05, 4.69) is 45.9 Å². The van der Waals surface area contributed by atoms with Crippen molar-refractivity contribution in [3.05, 3.63) is 65.7 Å². The van der Waals surface area contributed by atoms with Crippen LogP contribution in [0, 0.1) is 6.08 Å². The van der Waals surface area contributed by atoms with Crippen molar-refractivity contribution in [1.82, 2.24) is 4.98 Å². The predicted molar refractivity (Wildman–Crippen MR) is 128 cm³/mol.